The first-order valence-corrected chi connectivity index (χ1v) is 11.1. The molecular weight excluding hydrogens is 398 g/mol. The van der Waals surface area contributed by atoms with Gasteiger partial charge in [-0.1, -0.05) is 91.0 Å². The van der Waals surface area contributed by atoms with Gasteiger partial charge in [0.15, 0.2) is 0 Å². The van der Waals surface area contributed by atoms with Crippen LogP contribution in [0.3, 0.4) is 0 Å². The highest BCUT2D eigenvalue weighted by molar-refractivity contribution is 6.34. The van der Waals surface area contributed by atoms with E-state index in [2.05, 4.69) is 53.4 Å². The van der Waals surface area contributed by atoms with Crippen molar-refractivity contribution >= 4 is 11.8 Å². The van der Waals surface area contributed by atoms with Gasteiger partial charge in [-0.2, -0.15) is 0 Å². The molecule has 0 aliphatic carbocycles. The van der Waals surface area contributed by atoms with Crippen molar-refractivity contribution in [2.24, 2.45) is 0 Å². The Bertz CT molecular complexity index is 977. The Morgan fingerprint density at radius 3 is 1.72 bits per heavy atom. The number of rotatable bonds is 5. The SMILES string of the molecule is CN(Cc1ccccc1)C(=O)C(=O)N1CCN(C(c2ccccc2)c2ccccc2)CC1. The maximum Gasteiger partial charge on any atom is 0.312 e. The lowest BCUT2D eigenvalue weighted by Crippen LogP contribution is -2.53. The Morgan fingerprint density at radius 1 is 0.750 bits per heavy atom. The van der Waals surface area contributed by atoms with Crippen molar-refractivity contribution in [2.75, 3.05) is 33.2 Å². The van der Waals surface area contributed by atoms with Crippen LogP contribution in [0.4, 0.5) is 0 Å². The van der Waals surface area contributed by atoms with Crippen molar-refractivity contribution in [3.05, 3.63) is 108 Å². The number of hydrogen-bond donors (Lipinski definition) is 0. The normalized spacial score (nSPS) is 14.4. The molecule has 0 unspecified atom stereocenters. The van der Waals surface area contributed by atoms with Crippen LogP contribution in [0.5, 0.6) is 0 Å². The zero-order valence-corrected chi connectivity index (χ0v) is 18.4. The van der Waals surface area contributed by atoms with E-state index in [-0.39, 0.29) is 6.04 Å². The Balaban J connectivity index is 1.41. The van der Waals surface area contributed by atoms with E-state index in [9.17, 15) is 9.59 Å². The molecule has 1 aliphatic rings. The lowest BCUT2D eigenvalue weighted by molar-refractivity contribution is -0.152. The minimum Gasteiger partial charge on any atom is -0.333 e. The van der Waals surface area contributed by atoms with E-state index in [4.69, 9.17) is 0 Å². The molecule has 2 amide bonds. The maximum atomic E-state index is 12.9. The molecule has 3 aromatic rings. The summed E-state index contributed by atoms with van der Waals surface area (Å²) in [5.74, 6) is -0.871. The van der Waals surface area contributed by atoms with Crippen LogP contribution in [0.15, 0.2) is 91.0 Å². The summed E-state index contributed by atoms with van der Waals surface area (Å²) in [7, 11) is 1.68. The lowest BCUT2D eigenvalue weighted by Gasteiger charge is -2.39. The fourth-order valence-electron chi connectivity index (χ4n) is 4.30. The second kappa shape index (κ2) is 10.2. The molecule has 0 bridgehead atoms. The first-order chi connectivity index (χ1) is 15.6. The van der Waals surface area contributed by atoms with Crippen molar-refractivity contribution in [3.63, 3.8) is 0 Å². The van der Waals surface area contributed by atoms with Crippen LogP contribution in [-0.4, -0.2) is 59.7 Å². The quantitative estimate of drug-likeness (QED) is 0.585. The molecule has 1 saturated heterocycles. The molecule has 1 aliphatic heterocycles. The van der Waals surface area contributed by atoms with E-state index in [1.54, 1.807) is 11.9 Å². The van der Waals surface area contributed by atoms with E-state index >= 15 is 0 Å². The van der Waals surface area contributed by atoms with Gasteiger partial charge in [0.25, 0.3) is 0 Å². The monoisotopic (exact) mass is 427 g/mol. The number of piperazine rings is 1. The van der Waals surface area contributed by atoms with Crippen LogP contribution in [0.1, 0.15) is 22.7 Å². The molecule has 5 heteroatoms. The van der Waals surface area contributed by atoms with Crippen LogP contribution in [0.2, 0.25) is 0 Å². The molecule has 3 aromatic carbocycles. The first kappa shape index (κ1) is 21.8. The third-order valence-electron chi connectivity index (χ3n) is 5.99. The van der Waals surface area contributed by atoms with Crippen molar-refractivity contribution in [1.29, 1.82) is 0 Å². The molecule has 5 nitrogen and oxygen atoms in total. The van der Waals surface area contributed by atoms with E-state index in [0.717, 1.165) is 18.7 Å². The summed E-state index contributed by atoms with van der Waals surface area (Å²) in [6.45, 7) is 2.95. The van der Waals surface area contributed by atoms with Gasteiger partial charge in [-0.3, -0.25) is 14.5 Å². The third-order valence-corrected chi connectivity index (χ3v) is 5.99. The highest BCUT2D eigenvalue weighted by Crippen LogP contribution is 2.29. The molecule has 0 N–H and O–H groups in total. The number of carbonyl (C=O) groups is 2. The summed E-state index contributed by atoms with van der Waals surface area (Å²) in [4.78, 5) is 31.2. The predicted octanol–water partition coefficient (Wildman–Crippen LogP) is 3.58. The maximum absolute atomic E-state index is 12.9. The Hall–Kier alpha value is -3.44. The van der Waals surface area contributed by atoms with Gasteiger partial charge in [-0.05, 0) is 16.7 Å². The summed E-state index contributed by atoms with van der Waals surface area (Å²) < 4.78 is 0. The van der Waals surface area contributed by atoms with Gasteiger partial charge in [0.05, 0.1) is 6.04 Å². The number of carbonyl (C=O) groups excluding carboxylic acids is 2. The average molecular weight is 428 g/mol. The Labute approximate surface area is 189 Å². The Kier molecular flexibility index (Phi) is 6.97. The standard InChI is InChI=1S/C27H29N3O2/c1-28(21-22-11-5-2-6-12-22)26(31)27(32)30-19-17-29(18-20-30)25(23-13-7-3-8-14-23)24-15-9-4-10-16-24/h2-16,25H,17-21H2,1H3. The topological polar surface area (TPSA) is 43.9 Å². The molecule has 1 heterocycles. The van der Waals surface area contributed by atoms with Gasteiger partial charge in [0.1, 0.15) is 0 Å². The van der Waals surface area contributed by atoms with Gasteiger partial charge in [0, 0.05) is 39.8 Å². The smallest absolute Gasteiger partial charge is 0.312 e. The molecule has 0 spiro atoms. The van der Waals surface area contributed by atoms with Gasteiger partial charge in [-0.25, -0.2) is 0 Å². The lowest BCUT2D eigenvalue weighted by atomic mass is 9.96. The molecule has 0 saturated carbocycles. The van der Waals surface area contributed by atoms with E-state index in [0.29, 0.717) is 19.6 Å². The Morgan fingerprint density at radius 2 is 1.22 bits per heavy atom. The zero-order chi connectivity index (χ0) is 22.3. The fraction of sp³-hybridized carbons (Fsp3) is 0.259. The van der Waals surface area contributed by atoms with Gasteiger partial charge < -0.3 is 9.80 Å². The molecule has 0 atom stereocenters. The number of benzene rings is 3. The fourth-order valence-corrected chi connectivity index (χ4v) is 4.30. The van der Waals surface area contributed by atoms with Crippen LogP contribution < -0.4 is 0 Å². The first-order valence-electron chi connectivity index (χ1n) is 11.1. The minimum absolute atomic E-state index is 0.131. The van der Waals surface area contributed by atoms with Crippen molar-refractivity contribution in [2.45, 2.75) is 12.6 Å². The molecule has 1 fully saturated rings. The van der Waals surface area contributed by atoms with Crippen LogP contribution in [0, 0.1) is 0 Å². The molecule has 164 valence electrons. The van der Waals surface area contributed by atoms with Crippen molar-refractivity contribution < 1.29 is 9.59 Å². The third kappa shape index (κ3) is 5.06. The van der Waals surface area contributed by atoms with Gasteiger partial charge in [0.2, 0.25) is 0 Å². The number of likely N-dealkylation sites (N-methyl/N-ethyl adjacent to an activating group) is 1. The van der Waals surface area contributed by atoms with E-state index in [1.807, 2.05) is 42.5 Å². The second-order valence-electron chi connectivity index (χ2n) is 8.20. The number of hydrogen-bond acceptors (Lipinski definition) is 3. The van der Waals surface area contributed by atoms with E-state index < -0.39 is 11.8 Å². The highest BCUT2D eigenvalue weighted by Gasteiger charge is 2.31. The van der Waals surface area contributed by atoms with Gasteiger partial charge >= 0.3 is 11.8 Å². The van der Waals surface area contributed by atoms with Gasteiger partial charge in [-0.15, -0.1) is 0 Å². The van der Waals surface area contributed by atoms with Crippen molar-refractivity contribution in [1.82, 2.24) is 14.7 Å². The summed E-state index contributed by atoms with van der Waals surface area (Å²) in [5, 5.41) is 0. The van der Waals surface area contributed by atoms with E-state index in [1.165, 1.54) is 16.0 Å². The van der Waals surface area contributed by atoms with Crippen molar-refractivity contribution in [3.8, 4) is 0 Å². The number of nitrogens with zero attached hydrogens (tertiary/aromatic N) is 3. The largest absolute Gasteiger partial charge is 0.333 e. The molecule has 0 aromatic heterocycles. The molecular formula is C27H29N3O2. The summed E-state index contributed by atoms with van der Waals surface area (Å²) in [6.07, 6.45) is 0. The van der Waals surface area contributed by atoms with Crippen LogP contribution >= 0.6 is 0 Å². The van der Waals surface area contributed by atoms with Crippen LogP contribution in [0.25, 0.3) is 0 Å². The zero-order valence-electron chi connectivity index (χ0n) is 18.4. The number of amides is 2. The minimum atomic E-state index is -0.454. The predicted molar refractivity (Wildman–Crippen MR) is 126 cm³/mol. The molecule has 32 heavy (non-hydrogen) atoms. The second-order valence-corrected chi connectivity index (χ2v) is 8.20. The molecule has 0 radical (unpaired) electrons. The van der Waals surface area contributed by atoms with Crippen LogP contribution in [-0.2, 0) is 16.1 Å². The summed E-state index contributed by atoms with van der Waals surface area (Å²) >= 11 is 0. The average Bonchev–Trinajstić information content (AvgIpc) is 2.86. The summed E-state index contributed by atoms with van der Waals surface area (Å²) in [6, 6.07) is 30.8. The summed E-state index contributed by atoms with van der Waals surface area (Å²) in [5.41, 5.74) is 3.48. The molecule has 4 rings (SSSR count). The highest BCUT2D eigenvalue weighted by atomic mass is 16.2.